The number of aliphatic hydroxyl groups excluding tert-OH is 1. The molecule has 8 heteroatoms. The lowest BCUT2D eigenvalue weighted by molar-refractivity contribution is -0.140. The van der Waals surface area contributed by atoms with E-state index in [1.54, 1.807) is 31.2 Å². The molecule has 0 spiro atoms. The highest BCUT2D eigenvalue weighted by Crippen LogP contribution is 2.40. The molecule has 0 aliphatic carbocycles. The first-order chi connectivity index (χ1) is 13.4. The van der Waals surface area contributed by atoms with E-state index in [1.165, 1.54) is 25.2 Å². The van der Waals surface area contributed by atoms with Crippen molar-refractivity contribution in [1.29, 1.82) is 0 Å². The number of aliphatic hydroxyl groups is 1. The minimum Gasteiger partial charge on any atom is -0.507 e. The van der Waals surface area contributed by atoms with Crippen LogP contribution in [-0.4, -0.2) is 49.1 Å². The molecule has 1 aromatic carbocycles. The van der Waals surface area contributed by atoms with Crippen molar-refractivity contribution in [1.82, 2.24) is 4.90 Å². The van der Waals surface area contributed by atoms with Gasteiger partial charge in [-0.1, -0.05) is 11.6 Å². The van der Waals surface area contributed by atoms with Crippen molar-refractivity contribution in [3.63, 3.8) is 0 Å². The Morgan fingerprint density at radius 2 is 2.00 bits per heavy atom. The van der Waals surface area contributed by atoms with Crippen LogP contribution in [0.15, 0.2) is 40.3 Å². The first-order valence-corrected chi connectivity index (χ1v) is 8.94. The number of carbonyl (C=O) groups is 2. The van der Waals surface area contributed by atoms with E-state index in [-0.39, 0.29) is 29.5 Å². The number of halogens is 1. The van der Waals surface area contributed by atoms with E-state index in [4.69, 9.17) is 25.5 Å². The van der Waals surface area contributed by atoms with Crippen LogP contribution in [0.25, 0.3) is 5.76 Å². The van der Waals surface area contributed by atoms with Crippen LogP contribution in [-0.2, 0) is 14.3 Å². The fourth-order valence-corrected chi connectivity index (χ4v) is 3.42. The summed E-state index contributed by atoms with van der Waals surface area (Å²) in [7, 11) is 2.98. The Morgan fingerprint density at radius 3 is 2.57 bits per heavy atom. The van der Waals surface area contributed by atoms with Crippen LogP contribution in [0, 0.1) is 6.92 Å². The molecular formula is C20H20ClNO6. The third-order valence-electron chi connectivity index (χ3n) is 4.53. The topological polar surface area (TPSA) is 89.2 Å². The minimum atomic E-state index is -0.857. The smallest absolute Gasteiger partial charge is 0.295 e. The molecule has 2 aromatic rings. The van der Waals surface area contributed by atoms with Crippen molar-refractivity contribution in [2.45, 2.75) is 13.0 Å². The molecule has 0 saturated carbocycles. The quantitative estimate of drug-likeness (QED) is 0.450. The third kappa shape index (κ3) is 3.50. The van der Waals surface area contributed by atoms with Crippen molar-refractivity contribution < 1.29 is 28.6 Å². The van der Waals surface area contributed by atoms with Crippen LogP contribution >= 0.6 is 11.6 Å². The van der Waals surface area contributed by atoms with Gasteiger partial charge in [-0.3, -0.25) is 9.59 Å². The molecule has 1 saturated heterocycles. The number of ketones is 1. The highest BCUT2D eigenvalue weighted by Gasteiger charge is 2.47. The summed E-state index contributed by atoms with van der Waals surface area (Å²) in [5, 5.41) is 11.2. The van der Waals surface area contributed by atoms with Crippen molar-refractivity contribution in [3.8, 4) is 5.75 Å². The Labute approximate surface area is 167 Å². The highest BCUT2D eigenvalue weighted by molar-refractivity contribution is 6.46. The van der Waals surface area contributed by atoms with E-state index in [9.17, 15) is 14.7 Å². The average Bonchev–Trinajstić information content (AvgIpc) is 3.21. The first kappa shape index (κ1) is 20.0. The second-order valence-corrected chi connectivity index (χ2v) is 6.69. The number of methoxy groups -OCH3 is 2. The molecule has 28 heavy (non-hydrogen) atoms. The number of carbonyl (C=O) groups excluding carboxylic acids is 2. The summed E-state index contributed by atoms with van der Waals surface area (Å²) < 4.78 is 15.8. The summed E-state index contributed by atoms with van der Waals surface area (Å²) in [6, 6.07) is 7.17. The summed E-state index contributed by atoms with van der Waals surface area (Å²) in [5.41, 5.74) is 0.237. The fraction of sp³-hybridized carbons (Fsp3) is 0.300. The van der Waals surface area contributed by atoms with Crippen LogP contribution in [0.1, 0.15) is 23.1 Å². The van der Waals surface area contributed by atoms with Gasteiger partial charge >= 0.3 is 0 Å². The maximum atomic E-state index is 12.7. The van der Waals surface area contributed by atoms with Crippen LogP contribution < -0.4 is 4.74 Å². The average molecular weight is 406 g/mol. The Bertz CT molecular complexity index is 948. The molecular weight excluding hydrogens is 386 g/mol. The maximum Gasteiger partial charge on any atom is 0.295 e. The van der Waals surface area contributed by atoms with E-state index < -0.39 is 17.7 Å². The van der Waals surface area contributed by atoms with Gasteiger partial charge in [0, 0.05) is 19.2 Å². The van der Waals surface area contributed by atoms with Gasteiger partial charge in [0.1, 0.15) is 29.1 Å². The molecule has 1 fully saturated rings. The molecule has 1 aliphatic heterocycles. The monoisotopic (exact) mass is 405 g/mol. The molecule has 1 amide bonds. The predicted octanol–water partition coefficient (Wildman–Crippen LogP) is 3.32. The molecule has 3 rings (SSSR count). The lowest BCUT2D eigenvalue weighted by atomic mass is 9.99. The van der Waals surface area contributed by atoms with E-state index in [0.717, 1.165) is 0 Å². The Balaban J connectivity index is 2.14. The number of nitrogens with zero attached hydrogens (tertiary/aromatic N) is 1. The normalized spacial score (nSPS) is 18.7. The molecule has 0 radical (unpaired) electrons. The SMILES string of the molecule is COCCN1C(=O)C(=O)/C(=C(\O)c2ccc(OC)c(Cl)c2)C1c1ccc(C)o1. The maximum absolute atomic E-state index is 12.7. The predicted molar refractivity (Wildman–Crippen MR) is 102 cm³/mol. The van der Waals surface area contributed by atoms with Crippen molar-refractivity contribution in [2.75, 3.05) is 27.4 Å². The summed E-state index contributed by atoms with van der Waals surface area (Å²) in [6.07, 6.45) is 0. The van der Waals surface area contributed by atoms with Gasteiger partial charge in [0.05, 0.1) is 24.3 Å². The van der Waals surface area contributed by atoms with E-state index in [1.807, 2.05) is 0 Å². The second-order valence-electron chi connectivity index (χ2n) is 6.28. The van der Waals surface area contributed by atoms with Gasteiger partial charge in [0.25, 0.3) is 11.7 Å². The summed E-state index contributed by atoms with van der Waals surface area (Å²) in [5.74, 6) is -0.413. The summed E-state index contributed by atoms with van der Waals surface area (Å²) >= 11 is 6.14. The number of ether oxygens (including phenoxy) is 2. The Hall–Kier alpha value is -2.77. The van der Waals surface area contributed by atoms with Gasteiger partial charge < -0.3 is 23.9 Å². The summed E-state index contributed by atoms with van der Waals surface area (Å²) in [6.45, 7) is 2.16. The molecule has 1 aromatic heterocycles. The van der Waals surface area contributed by atoms with Crippen LogP contribution in [0.2, 0.25) is 5.02 Å². The molecule has 1 atom stereocenters. The number of likely N-dealkylation sites (tertiary alicyclic amines) is 1. The lowest BCUT2D eigenvalue weighted by Crippen LogP contribution is -2.32. The molecule has 1 N–H and O–H groups in total. The van der Waals surface area contributed by atoms with Gasteiger partial charge in [-0.15, -0.1) is 0 Å². The van der Waals surface area contributed by atoms with Crippen molar-refractivity contribution in [3.05, 3.63) is 58.0 Å². The number of aryl methyl sites for hydroxylation is 1. The van der Waals surface area contributed by atoms with E-state index >= 15 is 0 Å². The largest absolute Gasteiger partial charge is 0.507 e. The number of benzene rings is 1. The van der Waals surface area contributed by atoms with Gasteiger partial charge in [0.15, 0.2) is 0 Å². The number of amides is 1. The second kappa shape index (κ2) is 8.08. The molecule has 1 unspecified atom stereocenters. The van der Waals surface area contributed by atoms with Crippen LogP contribution in [0.4, 0.5) is 0 Å². The van der Waals surface area contributed by atoms with Gasteiger partial charge in [0.2, 0.25) is 0 Å². The number of hydrogen-bond donors (Lipinski definition) is 1. The third-order valence-corrected chi connectivity index (χ3v) is 4.83. The van der Waals surface area contributed by atoms with Crippen molar-refractivity contribution >= 4 is 29.1 Å². The molecule has 0 bridgehead atoms. The molecule has 148 valence electrons. The number of Topliss-reactive ketones (excluding diaryl/α,β-unsaturated/α-hetero) is 1. The standard InChI is InChI=1S/C20H20ClNO6/c1-11-4-6-15(28-11)17-16(19(24)20(25)22(17)8-9-26-2)18(23)12-5-7-14(27-3)13(21)10-12/h4-7,10,17,23H,8-9H2,1-3H3/b18-16-. The van der Waals surface area contributed by atoms with Crippen LogP contribution in [0.3, 0.4) is 0 Å². The molecule has 2 heterocycles. The lowest BCUT2D eigenvalue weighted by Gasteiger charge is -2.22. The number of hydrogen-bond acceptors (Lipinski definition) is 6. The number of furan rings is 1. The number of rotatable bonds is 6. The molecule has 1 aliphatic rings. The van der Waals surface area contributed by atoms with Gasteiger partial charge in [-0.05, 0) is 37.3 Å². The Kier molecular flexibility index (Phi) is 5.76. The highest BCUT2D eigenvalue weighted by atomic mass is 35.5. The first-order valence-electron chi connectivity index (χ1n) is 8.56. The zero-order valence-corrected chi connectivity index (χ0v) is 16.4. The summed E-state index contributed by atoms with van der Waals surface area (Å²) in [4.78, 5) is 26.7. The minimum absolute atomic E-state index is 0.0586. The van der Waals surface area contributed by atoms with E-state index in [2.05, 4.69) is 0 Å². The van der Waals surface area contributed by atoms with Crippen molar-refractivity contribution in [2.24, 2.45) is 0 Å². The van der Waals surface area contributed by atoms with Gasteiger partial charge in [-0.2, -0.15) is 0 Å². The van der Waals surface area contributed by atoms with Gasteiger partial charge in [-0.25, -0.2) is 0 Å². The molecule has 7 nitrogen and oxygen atoms in total. The fourth-order valence-electron chi connectivity index (χ4n) is 3.17. The zero-order chi connectivity index (χ0) is 20.4. The zero-order valence-electron chi connectivity index (χ0n) is 15.7. The van der Waals surface area contributed by atoms with E-state index in [0.29, 0.717) is 22.8 Å². The Morgan fingerprint density at radius 1 is 1.25 bits per heavy atom. The van der Waals surface area contributed by atoms with Crippen LogP contribution in [0.5, 0.6) is 5.75 Å².